The molecule has 2 aliphatic rings. The number of hydrogen-bond acceptors (Lipinski definition) is 5. The van der Waals surface area contributed by atoms with Gasteiger partial charge in [0, 0.05) is 39.9 Å². The molecule has 3 atom stereocenters. The van der Waals surface area contributed by atoms with E-state index in [1.807, 2.05) is 19.1 Å². The van der Waals surface area contributed by atoms with Gasteiger partial charge < -0.3 is 14.8 Å². The summed E-state index contributed by atoms with van der Waals surface area (Å²) in [6, 6.07) is 16.7. The van der Waals surface area contributed by atoms with Gasteiger partial charge >= 0.3 is 0 Å². The second-order valence-corrected chi connectivity index (χ2v) is 11.1. The first-order valence-electron chi connectivity index (χ1n) is 12.9. The maximum atomic E-state index is 13.6. The fraction of sp³-hybridized carbons (Fsp3) is 0.357. The molecule has 3 aromatic rings. The van der Waals surface area contributed by atoms with Crippen molar-refractivity contribution in [3.05, 3.63) is 65.7 Å². The van der Waals surface area contributed by atoms with Crippen LogP contribution < -0.4 is 14.5 Å². The number of nitrogens with one attached hydrogen (secondary N) is 1. The van der Waals surface area contributed by atoms with Gasteiger partial charge in [-0.05, 0) is 105 Å². The quantitative estimate of drug-likeness (QED) is 0.427. The van der Waals surface area contributed by atoms with Crippen LogP contribution in [0.25, 0.3) is 10.8 Å². The summed E-state index contributed by atoms with van der Waals surface area (Å²) in [6.45, 7) is 4.27. The average molecular weight is 554 g/mol. The lowest BCUT2D eigenvalue weighted by Crippen LogP contribution is -2.53. The van der Waals surface area contributed by atoms with Crippen molar-refractivity contribution in [2.24, 2.45) is 0 Å². The van der Waals surface area contributed by atoms with Crippen LogP contribution in [0, 0.1) is 0 Å². The van der Waals surface area contributed by atoms with E-state index < -0.39 is 17.3 Å². The molecule has 3 unspecified atom stereocenters. The average Bonchev–Trinajstić information content (AvgIpc) is 3.45. The Morgan fingerprint density at radius 1 is 1.03 bits per heavy atom. The highest BCUT2D eigenvalue weighted by Crippen LogP contribution is 2.31. The highest BCUT2D eigenvalue weighted by Gasteiger charge is 2.35. The van der Waals surface area contributed by atoms with Crippen LogP contribution in [0.4, 0.5) is 17.1 Å². The van der Waals surface area contributed by atoms with Crippen LogP contribution in [0.3, 0.4) is 0 Å². The number of fused-ring (bicyclic) bond motifs is 1. The molecule has 0 aromatic heterocycles. The number of likely N-dealkylation sites (tertiary alicyclic amines) is 1. The Hall–Kier alpha value is -2.98. The second kappa shape index (κ2) is 11.4. The van der Waals surface area contributed by atoms with Crippen LogP contribution >= 0.6 is 11.6 Å². The van der Waals surface area contributed by atoms with E-state index >= 15 is 0 Å². The highest BCUT2D eigenvalue weighted by atomic mass is 35.5. The van der Waals surface area contributed by atoms with Crippen molar-refractivity contribution in [2.45, 2.75) is 44.7 Å². The number of halogens is 1. The molecule has 38 heavy (non-hydrogen) atoms. The zero-order valence-corrected chi connectivity index (χ0v) is 22.7. The molecule has 2 aliphatic heterocycles. The third-order valence-electron chi connectivity index (χ3n) is 7.41. The van der Waals surface area contributed by atoms with E-state index in [2.05, 4.69) is 10.2 Å². The fourth-order valence-corrected chi connectivity index (χ4v) is 6.18. The number of piperidine rings is 1. The Bertz CT molecular complexity index is 1360. The number of benzene rings is 3. The molecule has 0 radical (unpaired) electrons. The molecule has 2 heterocycles. The molecule has 0 aliphatic carbocycles. The molecule has 200 valence electrons. The molecule has 8 nitrogen and oxygen atoms in total. The first-order chi connectivity index (χ1) is 18.3. The Kier molecular flexibility index (Phi) is 7.99. The van der Waals surface area contributed by atoms with Gasteiger partial charge in [-0.3, -0.25) is 23.0 Å². The van der Waals surface area contributed by atoms with E-state index in [0.29, 0.717) is 41.5 Å². The van der Waals surface area contributed by atoms with Crippen LogP contribution in [0.15, 0.2) is 60.7 Å². The van der Waals surface area contributed by atoms with Gasteiger partial charge in [0.25, 0.3) is 5.91 Å². The van der Waals surface area contributed by atoms with Gasteiger partial charge in [0.15, 0.2) is 0 Å². The van der Waals surface area contributed by atoms with Crippen molar-refractivity contribution in [2.75, 3.05) is 34.2 Å². The standard InChI is InChI=1S/C28H31ClN4O4S/c1-19(31-14-2-3-15-31)27(34)30-23-9-12-24(13-10-23)32-16-4-5-26(28(32)35)33(38(36)37)25-11-7-20-17-22(29)8-6-21(20)18-25/h6-13,17-19,26H,2-5,14-16H2,1H3,(H,30,34)(H,36,37)/p-1. The summed E-state index contributed by atoms with van der Waals surface area (Å²) < 4.78 is 25.9. The molecular weight excluding hydrogens is 524 g/mol. The van der Waals surface area contributed by atoms with E-state index in [9.17, 15) is 18.4 Å². The van der Waals surface area contributed by atoms with Crippen molar-refractivity contribution in [1.29, 1.82) is 0 Å². The second-order valence-electron chi connectivity index (χ2n) is 9.82. The minimum absolute atomic E-state index is 0.0556. The fourth-order valence-electron chi connectivity index (χ4n) is 5.31. The number of rotatable bonds is 7. The van der Waals surface area contributed by atoms with Crippen LogP contribution in [0.5, 0.6) is 0 Å². The predicted octanol–water partition coefficient (Wildman–Crippen LogP) is 4.71. The summed E-state index contributed by atoms with van der Waals surface area (Å²) >= 11 is 3.43. The number of hydrogen-bond donors (Lipinski definition) is 1. The highest BCUT2D eigenvalue weighted by molar-refractivity contribution is 7.80. The molecule has 2 saturated heterocycles. The first kappa shape index (κ1) is 26.6. The van der Waals surface area contributed by atoms with Crippen molar-refractivity contribution >= 4 is 62.5 Å². The van der Waals surface area contributed by atoms with Crippen LogP contribution in [0.2, 0.25) is 5.02 Å². The van der Waals surface area contributed by atoms with Crippen molar-refractivity contribution < 1.29 is 18.4 Å². The predicted molar refractivity (Wildman–Crippen MR) is 151 cm³/mol. The first-order valence-corrected chi connectivity index (χ1v) is 14.3. The van der Waals surface area contributed by atoms with Gasteiger partial charge in [0.1, 0.15) is 6.04 Å². The SMILES string of the molecule is CC(C(=O)Nc1ccc(N2CCCC(N(c3ccc4cc(Cl)ccc4c3)S(=O)[O-])C2=O)cc1)N1CCCC1. The summed E-state index contributed by atoms with van der Waals surface area (Å²) in [5, 5.41) is 5.27. The van der Waals surface area contributed by atoms with Crippen molar-refractivity contribution in [3.8, 4) is 0 Å². The molecule has 0 spiro atoms. The van der Waals surface area contributed by atoms with Gasteiger partial charge in [-0.1, -0.05) is 23.7 Å². The topological polar surface area (TPSA) is 96.0 Å². The summed E-state index contributed by atoms with van der Waals surface area (Å²) in [6.07, 6.45) is 3.30. The zero-order valence-electron chi connectivity index (χ0n) is 21.1. The normalized spacial score (nSPS) is 19.9. The molecule has 10 heteroatoms. The molecule has 3 aromatic carbocycles. The van der Waals surface area contributed by atoms with Crippen molar-refractivity contribution in [3.63, 3.8) is 0 Å². The number of amides is 2. The maximum absolute atomic E-state index is 13.6. The summed E-state index contributed by atoms with van der Waals surface area (Å²) in [5.41, 5.74) is 1.75. The maximum Gasteiger partial charge on any atom is 0.250 e. The van der Waals surface area contributed by atoms with Gasteiger partial charge in [0.2, 0.25) is 5.91 Å². The van der Waals surface area contributed by atoms with E-state index in [1.54, 1.807) is 53.4 Å². The number of carbonyl (C=O) groups excluding carboxylic acids is 2. The third-order valence-corrected chi connectivity index (χ3v) is 8.43. The molecule has 2 fully saturated rings. The lowest BCUT2D eigenvalue weighted by Gasteiger charge is -2.40. The Morgan fingerprint density at radius 2 is 1.71 bits per heavy atom. The lowest BCUT2D eigenvalue weighted by molar-refractivity contribution is -0.121. The number of anilines is 3. The minimum Gasteiger partial charge on any atom is -0.755 e. The zero-order chi connectivity index (χ0) is 26.8. The monoisotopic (exact) mass is 553 g/mol. The van der Waals surface area contributed by atoms with Crippen LogP contribution in [-0.4, -0.2) is 57.2 Å². The molecule has 0 saturated carbocycles. The van der Waals surface area contributed by atoms with E-state index in [1.165, 1.54) is 0 Å². The van der Waals surface area contributed by atoms with Gasteiger partial charge in [-0.15, -0.1) is 0 Å². The molecule has 5 rings (SSSR count). The Labute approximate surface area is 230 Å². The van der Waals surface area contributed by atoms with Gasteiger partial charge in [0.05, 0.1) is 6.04 Å². The smallest absolute Gasteiger partial charge is 0.250 e. The molecular formula is C28H30ClN4O4S-. The lowest BCUT2D eigenvalue weighted by atomic mass is 10.0. The van der Waals surface area contributed by atoms with Gasteiger partial charge in [-0.2, -0.15) is 0 Å². The summed E-state index contributed by atoms with van der Waals surface area (Å²) in [5.74, 6) is -0.337. The number of nitrogens with zero attached hydrogens (tertiary/aromatic N) is 3. The van der Waals surface area contributed by atoms with Gasteiger partial charge in [-0.25, -0.2) is 0 Å². The molecule has 2 amide bonds. The Balaban J connectivity index is 1.32. The molecule has 1 N–H and O–H groups in total. The van der Waals surface area contributed by atoms with E-state index in [0.717, 1.165) is 41.0 Å². The Morgan fingerprint density at radius 3 is 2.42 bits per heavy atom. The molecule has 0 bridgehead atoms. The minimum atomic E-state index is -2.65. The third kappa shape index (κ3) is 5.56. The summed E-state index contributed by atoms with van der Waals surface area (Å²) in [7, 11) is 0. The van der Waals surface area contributed by atoms with Crippen LogP contribution in [-0.2, 0) is 20.9 Å². The largest absolute Gasteiger partial charge is 0.755 e. The van der Waals surface area contributed by atoms with E-state index in [4.69, 9.17) is 11.6 Å². The number of carbonyl (C=O) groups is 2. The van der Waals surface area contributed by atoms with E-state index in [-0.39, 0.29) is 17.9 Å². The summed E-state index contributed by atoms with van der Waals surface area (Å²) in [4.78, 5) is 30.0. The van der Waals surface area contributed by atoms with Crippen molar-refractivity contribution in [1.82, 2.24) is 4.90 Å². The van der Waals surface area contributed by atoms with Crippen LogP contribution in [0.1, 0.15) is 32.6 Å².